The summed E-state index contributed by atoms with van der Waals surface area (Å²) in [4.78, 5) is 15.6. The number of aromatic nitrogens is 4. The largest absolute Gasteiger partial charge is 0.354 e. The Labute approximate surface area is 150 Å². The molecule has 0 radical (unpaired) electrons. The predicted molar refractivity (Wildman–Crippen MR) is 99.8 cm³/mol. The fourth-order valence-corrected chi connectivity index (χ4v) is 4.04. The minimum Gasteiger partial charge on any atom is -0.354 e. The molecule has 1 atom stereocenters. The van der Waals surface area contributed by atoms with Crippen molar-refractivity contribution in [1.29, 1.82) is 0 Å². The van der Waals surface area contributed by atoms with Gasteiger partial charge in [0.1, 0.15) is 23.8 Å². The molecule has 1 aliphatic heterocycles. The van der Waals surface area contributed by atoms with Gasteiger partial charge in [-0.1, -0.05) is 12.1 Å². The summed E-state index contributed by atoms with van der Waals surface area (Å²) in [6.45, 7) is 3.75. The summed E-state index contributed by atoms with van der Waals surface area (Å²) in [6.07, 6.45) is 2.56. The zero-order chi connectivity index (χ0) is 17.7. The lowest BCUT2D eigenvalue weighted by Crippen LogP contribution is -2.22. The highest BCUT2D eigenvalue weighted by atomic mass is 19.1. The number of anilines is 1. The normalized spacial score (nSPS) is 17.5. The van der Waals surface area contributed by atoms with Gasteiger partial charge in [-0.2, -0.15) is 0 Å². The third-order valence-electron chi connectivity index (χ3n) is 5.18. The van der Waals surface area contributed by atoms with Gasteiger partial charge < -0.3 is 9.47 Å². The Morgan fingerprint density at radius 3 is 2.88 bits per heavy atom. The van der Waals surface area contributed by atoms with E-state index in [0.29, 0.717) is 6.04 Å². The third-order valence-corrected chi connectivity index (χ3v) is 5.18. The molecule has 130 valence electrons. The fourth-order valence-electron chi connectivity index (χ4n) is 4.04. The fraction of sp³-hybridized carbons (Fsp3) is 0.250. The van der Waals surface area contributed by atoms with Gasteiger partial charge in [-0.15, -0.1) is 0 Å². The minimum absolute atomic E-state index is 0.263. The number of rotatable bonds is 2. The summed E-state index contributed by atoms with van der Waals surface area (Å²) in [5.74, 6) is 1.57. The number of hydrogen-bond donors (Lipinski definition) is 0. The summed E-state index contributed by atoms with van der Waals surface area (Å²) in [6, 6.07) is 13.2. The number of para-hydroxylation sites is 2. The molecular formula is C20H18FN5. The van der Waals surface area contributed by atoms with E-state index in [1.54, 1.807) is 12.4 Å². The first-order valence-corrected chi connectivity index (χ1v) is 8.79. The lowest BCUT2D eigenvalue weighted by molar-refractivity contribution is 0.553. The Kier molecular flexibility index (Phi) is 3.38. The molecular weight excluding hydrogens is 329 g/mol. The molecule has 4 aromatic rings. The molecule has 0 amide bonds. The van der Waals surface area contributed by atoms with Crippen molar-refractivity contribution in [3.05, 3.63) is 60.4 Å². The average Bonchev–Trinajstić information content (AvgIpc) is 3.24. The molecule has 1 saturated heterocycles. The Balaban J connectivity index is 1.53. The molecule has 1 aliphatic rings. The molecule has 0 aliphatic carbocycles. The highest BCUT2D eigenvalue weighted by molar-refractivity contribution is 5.89. The van der Waals surface area contributed by atoms with Crippen LogP contribution in [-0.2, 0) is 0 Å². The van der Waals surface area contributed by atoms with E-state index in [9.17, 15) is 4.39 Å². The average molecular weight is 347 g/mol. The highest BCUT2D eigenvalue weighted by Crippen LogP contribution is 2.32. The van der Waals surface area contributed by atoms with Gasteiger partial charge in [0.25, 0.3) is 0 Å². The number of hydrogen-bond acceptors (Lipinski definition) is 4. The number of imidazole rings is 1. The van der Waals surface area contributed by atoms with Gasteiger partial charge in [0.05, 0.1) is 22.6 Å². The summed E-state index contributed by atoms with van der Waals surface area (Å²) in [5, 5.41) is 0.764. The van der Waals surface area contributed by atoms with Crippen LogP contribution in [-0.4, -0.2) is 32.6 Å². The van der Waals surface area contributed by atoms with Crippen LogP contribution in [0.15, 0.2) is 48.8 Å². The number of fused-ring (bicyclic) bond motifs is 2. The molecule has 0 unspecified atom stereocenters. The molecule has 0 spiro atoms. The van der Waals surface area contributed by atoms with Gasteiger partial charge in [0, 0.05) is 18.5 Å². The van der Waals surface area contributed by atoms with E-state index in [2.05, 4.69) is 37.4 Å². The van der Waals surface area contributed by atoms with Crippen LogP contribution in [0.3, 0.4) is 0 Å². The maximum absolute atomic E-state index is 13.7. The van der Waals surface area contributed by atoms with Crippen molar-refractivity contribution in [1.82, 2.24) is 19.5 Å². The summed E-state index contributed by atoms with van der Waals surface area (Å²) >= 11 is 0. The first-order valence-electron chi connectivity index (χ1n) is 8.79. The van der Waals surface area contributed by atoms with Gasteiger partial charge in [-0.05, 0) is 43.7 Å². The molecule has 2 aromatic carbocycles. The smallest absolute Gasteiger partial charge is 0.140 e. The van der Waals surface area contributed by atoms with Crippen molar-refractivity contribution in [2.45, 2.75) is 19.4 Å². The molecule has 0 bridgehead atoms. The Morgan fingerprint density at radius 2 is 1.96 bits per heavy atom. The van der Waals surface area contributed by atoms with E-state index >= 15 is 0 Å². The number of benzene rings is 2. The van der Waals surface area contributed by atoms with E-state index in [0.717, 1.165) is 53.1 Å². The van der Waals surface area contributed by atoms with E-state index in [1.165, 1.54) is 12.1 Å². The molecule has 3 heterocycles. The molecule has 0 N–H and O–H groups in total. The van der Waals surface area contributed by atoms with Crippen LogP contribution in [0.5, 0.6) is 0 Å². The SMILES string of the molecule is Cc1nc2ccccc2n1[C@@H]1CCN(c2ncnc3ccc(F)cc23)C1. The van der Waals surface area contributed by atoms with Gasteiger partial charge in [-0.25, -0.2) is 19.3 Å². The predicted octanol–water partition coefficient (Wildman–Crippen LogP) is 3.88. The number of nitrogens with zero attached hydrogens (tertiary/aromatic N) is 5. The van der Waals surface area contributed by atoms with E-state index in [1.807, 2.05) is 18.2 Å². The van der Waals surface area contributed by atoms with Gasteiger partial charge in [0.15, 0.2) is 0 Å². The van der Waals surface area contributed by atoms with Crippen LogP contribution >= 0.6 is 0 Å². The minimum atomic E-state index is -0.263. The Bertz CT molecular complexity index is 1120. The van der Waals surface area contributed by atoms with Gasteiger partial charge >= 0.3 is 0 Å². The second-order valence-corrected chi connectivity index (χ2v) is 6.76. The second-order valence-electron chi connectivity index (χ2n) is 6.76. The standard InChI is InChI=1S/C20H18FN5/c1-13-24-18-4-2-3-5-19(18)26(13)15-8-9-25(11-15)20-16-10-14(21)6-7-17(16)22-12-23-20/h2-7,10,12,15H,8-9,11H2,1H3/t15-/m1/s1. The first kappa shape index (κ1) is 15.3. The third kappa shape index (κ3) is 2.33. The molecule has 2 aromatic heterocycles. The van der Waals surface area contributed by atoms with Crippen LogP contribution in [0.4, 0.5) is 10.2 Å². The van der Waals surface area contributed by atoms with Crippen molar-refractivity contribution in [2.24, 2.45) is 0 Å². The van der Waals surface area contributed by atoms with E-state index < -0.39 is 0 Å². The topological polar surface area (TPSA) is 46.8 Å². The van der Waals surface area contributed by atoms with Crippen LogP contribution < -0.4 is 4.90 Å². The maximum Gasteiger partial charge on any atom is 0.140 e. The molecule has 5 rings (SSSR count). The zero-order valence-electron chi connectivity index (χ0n) is 14.4. The molecule has 6 heteroatoms. The Hall–Kier alpha value is -3.02. The quantitative estimate of drug-likeness (QED) is 0.552. The lowest BCUT2D eigenvalue weighted by atomic mass is 10.2. The van der Waals surface area contributed by atoms with Crippen LogP contribution in [0.25, 0.3) is 21.9 Å². The number of aryl methyl sites for hydroxylation is 1. The van der Waals surface area contributed by atoms with Crippen molar-refractivity contribution >= 4 is 27.8 Å². The molecule has 26 heavy (non-hydrogen) atoms. The Morgan fingerprint density at radius 1 is 1.08 bits per heavy atom. The van der Waals surface area contributed by atoms with Crippen molar-refractivity contribution in [3.8, 4) is 0 Å². The number of halogens is 1. The lowest BCUT2D eigenvalue weighted by Gasteiger charge is -2.20. The van der Waals surface area contributed by atoms with E-state index in [4.69, 9.17) is 0 Å². The molecule has 0 saturated carbocycles. The summed E-state index contributed by atoms with van der Waals surface area (Å²) in [7, 11) is 0. The van der Waals surface area contributed by atoms with Crippen molar-refractivity contribution in [3.63, 3.8) is 0 Å². The van der Waals surface area contributed by atoms with Gasteiger partial charge in [-0.3, -0.25) is 0 Å². The second kappa shape index (κ2) is 5.76. The zero-order valence-corrected chi connectivity index (χ0v) is 14.4. The maximum atomic E-state index is 13.7. The van der Waals surface area contributed by atoms with Crippen molar-refractivity contribution in [2.75, 3.05) is 18.0 Å². The summed E-state index contributed by atoms with van der Waals surface area (Å²) < 4.78 is 16.1. The summed E-state index contributed by atoms with van der Waals surface area (Å²) in [5.41, 5.74) is 2.96. The first-order chi connectivity index (χ1) is 12.7. The monoisotopic (exact) mass is 347 g/mol. The van der Waals surface area contributed by atoms with E-state index in [-0.39, 0.29) is 5.82 Å². The van der Waals surface area contributed by atoms with Crippen LogP contribution in [0.2, 0.25) is 0 Å². The van der Waals surface area contributed by atoms with Gasteiger partial charge in [0.2, 0.25) is 0 Å². The van der Waals surface area contributed by atoms with Crippen LogP contribution in [0, 0.1) is 12.7 Å². The van der Waals surface area contributed by atoms with Crippen LogP contribution in [0.1, 0.15) is 18.3 Å². The molecule has 1 fully saturated rings. The molecule has 5 nitrogen and oxygen atoms in total. The highest BCUT2D eigenvalue weighted by Gasteiger charge is 2.28. The van der Waals surface area contributed by atoms with Crippen molar-refractivity contribution < 1.29 is 4.39 Å².